The number of carbonyl (C=O) groups is 1. The van der Waals surface area contributed by atoms with Crippen LogP contribution in [0.4, 0.5) is 0 Å². The Labute approximate surface area is 209 Å². The van der Waals surface area contributed by atoms with Gasteiger partial charge in [0.25, 0.3) is 0 Å². The van der Waals surface area contributed by atoms with E-state index in [1.54, 1.807) is 0 Å². The van der Waals surface area contributed by atoms with E-state index < -0.39 is 0 Å². The second-order valence-electron chi connectivity index (χ2n) is 12.1. The highest BCUT2D eigenvalue weighted by Gasteiger charge is 2.59. The van der Waals surface area contributed by atoms with E-state index in [2.05, 4.69) is 19.9 Å². The average Bonchev–Trinajstić information content (AvgIpc) is 3.21. The van der Waals surface area contributed by atoms with Gasteiger partial charge < -0.3 is 9.84 Å². The van der Waals surface area contributed by atoms with Gasteiger partial charge in [0.2, 0.25) is 0 Å². The molecule has 2 aromatic carbocycles. The lowest BCUT2D eigenvalue weighted by Crippen LogP contribution is -2.51. The molecule has 1 N–H and O–H groups in total. The number of aliphatic hydroxyl groups is 1. The summed E-state index contributed by atoms with van der Waals surface area (Å²) in [6.45, 7) is 4.97. The topological polar surface area (TPSA) is 46.5 Å². The molecular formula is C32H38O3. The zero-order valence-corrected chi connectivity index (χ0v) is 21.1. The number of benzene rings is 2. The van der Waals surface area contributed by atoms with Crippen molar-refractivity contribution in [2.75, 3.05) is 0 Å². The first-order chi connectivity index (χ1) is 16.9. The third-order valence-electron chi connectivity index (χ3n) is 10.4. The second kappa shape index (κ2) is 8.62. The Hall–Kier alpha value is -2.39. The molecule has 184 valence electrons. The van der Waals surface area contributed by atoms with Gasteiger partial charge in [-0.05, 0) is 98.8 Å². The Morgan fingerprint density at radius 2 is 1.63 bits per heavy atom. The van der Waals surface area contributed by atoms with Crippen LogP contribution in [-0.2, 0) is 0 Å². The molecule has 0 saturated heterocycles. The van der Waals surface area contributed by atoms with Crippen molar-refractivity contribution >= 4 is 5.78 Å². The zero-order valence-electron chi connectivity index (χ0n) is 21.1. The molecule has 0 unspecified atom stereocenters. The molecule has 4 aliphatic rings. The van der Waals surface area contributed by atoms with Crippen LogP contribution in [0, 0.1) is 28.6 Å². The van der Waals surface area contributed by atoms with Crippen LogP contribution in [0.3, 0.4) is 0 Å². The van der Waals surface area contributed by atoms with Crippen LogP contribution >= 0.6 is 0 Å². The van der Waals surface area contributed by atoms with Crippen LogP contribution in [0.25, 0.3) is 0 Å². The first kappa shape index (κ1) is 23.0. The van der Waals surface area contributed by atoms with Crippen molar-refractivity contribution < 1.29 is 14.6 Å². The molecule has 0 radical (unpaired) electrons. The molecule has 7 atom stereocenters. The summed E-state index contributed by atoms with van der Waals surface area (Å²) in [5.74, 6) is 3.11. The Kier molecular flexibility index (Phi) is 5.67. The Morgan fingerprint density at radius 1 is 0.886 bits per heavy atom. The summed E-state index contributed by atoms with van der Waals surface area (Å²) in [5.41, 5.74) is 3.45. The number of allylic oxidation sites excluding steroid dienone is 1. The molecule has 0 aromatic heterocycles. The lowest BCUT2D eigenvalue weighted by Gasteiger charge is -2.57. The standard InChI is InChI=1S/C32H38O3/c1-31-18-16-24(33)20-23(31)10-13-26-27-14-15-29(32(27,2)19-17-28(26)31)35-25-11-8-22(9-12-25)30(34)21-6-4-3-5-7-21/h3-12,24,26-29,33H,13-20H2,1-2H3/t24-,26-,27-,28-,29-,31-,32-/m0/s1. The maximum Gasteiger partial charge on any atom is 0.193 e. The molecule has 3 fully saturated rings. The van der Waals surface area contributed by atoms with Crippen LogP contribution in [0.15, 0.2) is 66.2 Å². The van der Waals surface area contributed by atoms with E-state index in [9.17, 15) is 9.90 Å². The molecule has 3 nitrogen and oxygen atoms in total. The van der Waals surface area contributed by atoms with E-state index in [1.807, 2.05) is 54.6 Å². The third-order valence-corrected chi connectivity index (χ3v) is 10.4. The second-order valence-corrected chi connectivity index (χ2v) is 12.1. The number of carbonyl (C=O) groups excluding carboxylic acids is 1. The minimum absolute atomic E-state index is 0.0526. The number of hydrogen-bond acceptors (Lipinski definition) is 3. The molecule has 4 aliphatic carbocycles. The number of ketones is 1. The summed E-state index contributed by atoms with van der Waals surface area (Å²) >= 11 is 0. The Balaban J connectivity index is 1.17. The molecule has 3 saturated carbocycles. The maximum atomic E-state index is 12.8. The van der Waals surface area contributed by atoms with E-state index in [0.29, 0.717) is 11.5 Å². The van der Waals surface area contributed by atoms with Crippen LogP contribution in [-0.4, -0.2) is 23.1 Å². The monoisotopic (exact) mass is 470 g/mol. The minimum Gasteiger partial charge on any atom is -0.490 e. The molecule has 0 amide bonds. The third kappa shape index (κ3) is 3.78. The van der Waals surface area contributed by atoms with Gasteiger partial charge in [-0.15, -0.1) is 0 Å². The van der Waals surface area contributed by atoms with E-state index in [-0.39, 0.29) is 28.8 Å². The molecule has 0 heterocycles. The fourth-order valence-electron chi connectivity index (χ4n) is 8.39. The number of fused-ring (bicyclic) bond motifs is 5. The summed E-state index contributed by atoms with van der Waals surface area (Å²) in [4.78, 5) is 12.8. The molecule has 0 bridgehead atoms. The number of rotatable bonds is 4. The average molecular weight is 471 g/mol. The number of aliphatic hydroxyl groups excluding tert-OH is 1. The van der Waals surface area contributed by atoms with Crippen molar-refractivity contribution in [3.05, 3.63) is 77.4 Å². The zero-order chi connectivity index (χ0) is 24.2. The van der Waals surface area contributed by atoms with Gasteiger partial charge in [0.05, 0.1) is 6.10 Å². The highest BCUT2D eigenvalue weighted by atomic mass is 16.5. The predicted octanol–water partition coefficient (Wildman–Crippen LogP) is 6.99. The lowest BCUT2D eigenvalue weighted by molar-refractivity contribution is -0.0650. The summed E-state index contributed by atoms with van der Waals surface area (Å²) in [7, 11) is 0. The molecule has 0 aliphatic heterocycles. The van der Waals surface area contributed by atoms with E-state index in [4.69, 9.17) is 4.74 Å². The van der Waals surface area contributed by atoms with E-state index in [1.165, 1.54) is 31.3 Å². The fraction of sp³-hybridized carbons (Fsp3) is 0.531. The van der Waals surface area contributed by atoms with Gasteiger partial charge in [-0.2, -0.15) is 0 Å². The minimum atomic E-state index is -0.140. The van der Waals surface area contributed by atoms with Gasteiger partial charge in [-0.25, -0.2) is 0 Å². The number of ether oxygens (including phenoxy) is 1. The molecular weight excluding hydrogens is 432 g/mol. The van der Waals surface area contributed by atoms with Crippen LogP contribution in [0.1, 0.15) is 81.1 Å². The maximum absolute atomic E-state index is 12.8. The van der Waals surface area contributed by atoms with Gasteiger partial charge in [-0.1, -0.05) is 55.8 Å². The summed E-state index contributed by atoms with van der Waals surface area (Å²) in [6, 6.07) is 17.2. The smallest absolute Gasteiger partial charge is 0.193 e. The Bertz CT molecular complexity index is 1120. The first-order valence-electron chi connectivity index (χ1n) is 13.6. The summed E-state index contributed by atoms with van der Waals surface area (Å²) in [5, 5.41) is 10.3. The highest BCUT2D eigenvalue weighted by Crippen LogP contribution is 2.65. The van der Waals surface area contributed by atoms with Crippen LogP contribution in [0.5, 0.6) is 5.75 Å². The molecule has 6 rings (SSSR count). The summed E-state index contributed by atoms with van der Waals surface area (Å²) < 4.78 is 6.65. The van der Waals surface area contributed by atoms with Gasteiger partial charge in [0, 0.05) is 16.5 Å². The molecule has 0 spiro atoms. The summed E-state index contributed by atoms with van der Waals surface area (Å²) in [6.07, 6.45) is 11.6. The first-order valence-corrected chi connectivity index (χ1v) is 13.6. The molecule has 3 heteroatoms. The largest absolute Gasteiger partial charge is 0.490 e. The SMILES string of the molecule is C[C@]12CC[C@H]3[C@@H](CC=C4C[C@@H](O)CC[C@@]43C)[C@@H]1CC[C@@H]2Oc1ccc(C(=O)c2ccccc2)cc1. The fourth-order valence-corrected chi connectivity index (χ4v) is 8.39. The van der Waals surface area contributed by atoms with Crippen molar-refractivity contribution in [1.29, 1.82) is 0 Å². The quantitative estimate of drug-likeness (QED) is 0.387. The van der Waals surface area contributed by atoms with Crippen molar-refractivity contribution in [3.63, 3.8) is 0 Å². The van der Waals surface area contributed by atoms with Gasteiger partial charge in [-0.3, -0.25) is 4.79 Å². The van der Waals surface area contributed by atoms with Crippen molar-refractivity contribution in [1.82, 2.24) is 0 Å². The number of hydrogen-bond donors (Lipinski definition) is 1. The van der Waals surface area contributed by atoms with E-state index >= 15 is 0 Å². The van der Waals surface area contributed by atoms with E-state index in [0.717, 1.165) is 48.8 Å². The Morgan fingerprint density at radius 3 is 2.40 bits per heavy atom. The van der Waals surface area contributed by atoms with Crippen molar-refractivity contribution in [2.24, 2.45) is 28.6 Å². The van der Waals surface area contributed by atoms with Crippen LogP contribution in [0.2, 0.25) is 0 Å². The predicted molar refractivity (Wildman–Crippen MR) is 138 cm³/mol. The van der Waals surface area contributed by atoms with Gasteiger partial charge in [0.1, 0.15) is 11.9 Å². The van der Waals surface area contributed by atoms with Gasteiger partial charge in [0.15, 0.2) is 5.78 Å². The van der Waals surface area contributed by atoms with Crippen molar-refractivity contribution in [2.45, 2.75) is 77.4 Å². The molecule has 35 heavy (non-hydrogen) atoms. The highest BCUT2D eigenvalue weighted by molar-refractivity contribution is 6.08. The van der Waals surface area contributed by atoms with Crippen LogP contribution < -0.4 is 4.74 Å². The lowest BCUT2D eigenvalue weighted by atomic mass is 9.48. The molecule has 2 aromatic rings. The normalized spacial score (nSPS) is 38.0. The van der Waals surface area contributed by atoms with Crippen molar-refractivity contribution in [3.8, 4) is 5.75 Å². The van der Waals surface area contributed by atoms with Gasteiger partial charge >= 0.3 is 0 Å².